The Hall–Kier alpha value is -1.75. The molecule has 5 heteroatoms. The number of methoxy groups -OCH3 is 1. The predicted octanol–water partition coefficient (Wildman–Crippen LogP) is 1.41. The number of hydrogen-bond donors (Lipinski definition) is 1. The molecule has 1 fully saturated rings. The molecule has 90 valence electrons. The van der Waals surface area contributed by atoms with Crippen molar-refractivity contribution in [2.45, 2.75) is 0 Å². The summed E-state index contributed by atoms with van der Waals surface area (Å²) in [5, 5.41) is 0. The van der Waals surface area contributed by atoms with E-state index >= 15 is 0 Å². The molecule has 1 aromatic heterocycles. The number of aromatic nitrogens is 2. The molecule has 2 heterocycles. The first-order valence-electron chi connectivity index (χ1n) is 5.73. The number of nitrogens with zero attached hydrogens (tertiary/aromatic N) is 2. The van der Waals surface area contributed by atoms with E-state index in [1.807, 2.05) is 6.07 Å². The Kier molecular flexibility index (Phi) is 2.60. The van der Waals surface area contributed by atoms with Crippen molar-refractivity contribution in [3.05, 3.63) is 18.5 Å². The van der Waals surface area contributed by atoms with E-state index in [9.17, 15) is 0 Å². The zero-order valence-corrected chi connectivity index (χ0v) is 9.77. The maximum Gasteiger partial charge on any atom is 0.167 e. The van der Waals surface area contributed by atoms with E-state index in [4.69, 9.17) is 9.47 Å². The average molecular weight is 233 g/mol. The van der Waals surface area contributed by atoms with Gasteiger partial charge in [0.1, 0.15) is 5.52 Å². The highest BCUT2D eigenvalue weighted by Crippen LogP contribution is 2.34. The molecule has 0 saturated carbocycles. The zero-order valence-electron chi connectivity index (χ0n) is 9.77. The molecule has 0 amide bonds. The number of nitrogens with one attached hydrogen (secondary N) is 1. The SMILES string of the molecule is COc1c(N2CCOCC2)ccc2nc[nH]c12. The topological polar surface area (TPSA) is 50.4 Å². The lowest BCUT2D eigenvalue weighted by atomic mass is 10.2. The first-order valence-corrected chi connectivity index (χ1v) is 5.73. The Morgan fingerprint density at radius 3 is 2.94 bits per heavy atom. The fourth-order valence-corrected chi connectivity index (χ4v) is 2.23. The second-order valence-corrected chi connectivity index (χ2v) is 4.01. The summed E-state index contributed by atoms with van der Waals surface area (Å²) in [5.74, 6) is 0.863. The van der Waals surface area contributed by atoms with E-state index in [1.165, 1.54) is 0 Å². The molecule has 0 unspecified atom stereocenters. The molecule has 0 spiro atoms. The number of H-pyrrole nitrogens is 1. The number of ether oxygens (including phenoxy) is 2. The smallest absolute Gasteiger partial charge is 0.167 e. The molecule has 1 N–H and O–H groups in total. The van der Waals surface area contributed by atoms with Crippen LogP contribution >= 0.6 is 0 Å². The van der Waals surface area contributed by atoms with Gasteiger partial charge in [-0.15, -0.1) is 0 Å². The fourth-order valence-electron chi connectivity index (χ4n) is 2.23. The van der Waals surface area contributed by atoms with Gasteiger partial charge in [0.2, 0.25) is 0 Å². The number of benzene rings is 1. The van der Waals surface area contributed by atoms with Crippen molar-refractivity contribution < 1.29 is 9.47 Å². The first-order chi connectivity index (χ1) is 8.40. The van der Waals surface area contributed by atoms with Gasteiger partial charge in [0, 0.05) is 13.1 Å². The molecular weight excluding hydrogens is 218 g/mol. The van der Waals surface area contributed by atoms with E-state index in [1.54, 1.807) is 13.4 Å². The Balaban J connectivity index is 2.07. The summed E-state index contributed by atoms with van der Waals surface area (Å²) >= 11 is 0. The quantitative estimate of drug-likeness (QED) is 0.852. The lowest BCUT2D eigenvalue weighted by molar-refractivity contribution is 0.122. The maximum absolute atomic E-state index is 5.52. The standard InChI is InChI=1S/C12H15N3O2/c1-16-12-10(15-4-6-17-7-5-15)3-2-9-11(12)14-8-13-9/h2-3,8H,4-7H2,1H3,(H,13,14). The number of fused-ring (bicyclic) bond motifs is 1. The number of morpholine rings is 1. The largest absolute Gasteiger partial charge is 0.492 e. The molecule has 0 atom stereocenters. The molecule has 2 aromatic rings. The molecular formula is C12H15N3O2. The van der Waals surface area contributed by atoms with E-state index < -0.39 is 0 Å². The van der Waals surface area contributed by atoms with Gasteiger partial charge in [0.25, 0.3) is 0 Å². The van der Waals surface area contributed by atoms with Crippen LogP contribution in [0.2, 0.25) is 0 Å². The molecule has 17 heavy (non-hydrogen) atoms. The van der Waals surface area contributed by atoms with Crippen LogP contribution in [0.25, 0.3) is 11.0 Å². The van der Waals surface area contributed by atoms with Gasteiger partial charge in [-0.1, -0.05) is 0 Å². The van der Waals surface area contributed by atoms with Gasteiger partial charge in [0.05, 0.1) is 37.9 Å². The van der Waals surface area contributed by atoms with Gasteiger partial charge >= 0.3 is 0 Å². The van der Waals surface area contributed by atoms with Crippen LogP contribution in [-0.2, 0) is 4.74 Å². The normalized spacial score (nSPS) is 16.4. The number of anilines is 1. The van der Waals surface area contributed by atoms with Gasteiger partial charge in [-0.05, 0) is 12.1 Å². The molecule has 0 bridgehead atoms. The maximum atomic E-state index is 5.52. The summed E-state index contributed by atoms with van der Waals surface area (Å²) in [7, 11) is 1.69. The Bertz CT molecular complexity index is 517. The fraction of sp³-hybridized carbons (Fsp3) is 0.417. The van der Waals surface area contributed by atoms with E-state index in [2.05, 4.69) is 20.9 Å². The third kappa shape index (κ3) is 1.72. The van der Waals surface area contributed by atoms with Crippen molar-refractivity contribution in [1.82, 2.24) is 9.97 Å². The van der Waals surface area contributed by atoms with Crippen LogP contribution in [0.3, 0.4) is 0 Å². The van der Waals surface area contributed by atoms with Crippen molar-refractivity contribution in [3.8, 4) is 5.75 Å². The van der Waals surface area contributed by atoms with Crippen LogP contribution in [0, 0.1) is 0 Å². The van der Waals surface area contributed by atoms with Crippen molar-refractivity contribution in [3.63, 3.8) is 0 Å². The van der Waals surface area contributed by atoms with Gasteiger partial charge < -0.3 is 19.4 Å². The zero-order chi connectivity index (χ0) is 11.7. The van der Waals surface area contributed by atoms with Crippen molar-refractivity contribution in [2.24, 2.45) is 0 Å². The average Bonchev–Trinajstić information content (AvgIpc) is 2.86. The molecule has 0 radical (unpaired) electrons. The van der Waals surface area contributed by atoms with Crippen LogP contribution in [0.1, 0.15) is 0 Å². The molecule has 0 aliphatic carbocycles. The Morgan fingerprint density at radius 1 is 1.35 bits per heavy atom. The number of imidazole rings is 1. The third-order valence-corrected chi connectivity index (χ3v) is 3.08. The van der Waals surface area contributed by atoms with Crippen LogP contribution in [0.15, 0.2) is 18.5 Å². The van der Waals surface area contributed by atoms with Crippen LogP contribution in [0.4, 0.5) is 5.69 Å². The van der Waals surface area contributed by atoms with Crippen molar-refractivity contribution in [1.29, 1.82) is 0 Å². The third-order valence-electron chi connectivity index (χ3n) is 3.08. The number of rotatable bonds is 2. The summed E-state index contributed by atoms with van der Waals surface area (Å²) in [6, 6.07) is 4.08. The minimum absolute atomic E-state index is 0.768. The van der Waals surface area contributed by atoms with Crippen molar-refractivity contribution in [2.75, 3.05) is 38.3 Å². The highest BCUT2D eigenvalue weighted by Gasteiger charge is 2.18. The molecule has 5 nitrogen and oxygen atoms in total. The summed E-state index contributed by atoms with van der Waals surface area (Å²) in [6.45, 7) is 3.33. The Labute approximate surface area is 99.3 Å². The highest BCUT2D eigenvalue weighted by atomic mass is 16.5. The molecule has 1 aliphatic rings. The number of aromatic amines is 1. The van der Waals surface area contributed by atoms with E-state index in [0.717, 1.165) is 48.8 Å². The van der Waals surface area contributed by atoms with Gasteiger partial charge in [-0.2, -0.15) is 0 Å². The van der Waals surface area contributed by atoms with E-state index in [0.29, 0.717) is 0 Å². The van der Waals surface area contributed by atoms with Crippen LogP contribution < -0.4 is 9.64 Å². The van der Waals surface area contributed by atoms with Crippen LogP contribution in [0.5, 0.6) is 5.75 Å². The van der Waals surface area contributed by atoms with Crippen LogP contribution in [-0.4, -0.2) is 43.4 Å². The molecule has 1 aromatic carbocycles. The minimum atomic E-state index is 0.768. The molecule has 1 aliphatic heterocycles. The Morgan fingerprint density at radius 2 is 2.18 bits per heavy atom. The summed E-state index contributed by atoms with van der Waals surface area (Å²) < 4.78 is 10.9. The minimum Gasteiger partial charge on any atom is -0.492 e. The molecule has 1 saturated heterocycles. The summed E-state index contributed by atoms with van der Waals surface area (Å²) in [5.41, 5.74) is 2.99. The van der Waals surface area contributed by atoms with Gasteiger partial charge in [-0.3, -0.25) is 0 Å². The lowest BCUT2D eigenvalue weighted by Crippen LogP contribution is -2.36. The first kappa shape index (κ1) is 10.4. The summed E-state index contributed by atoms with van der Waals surface area (Å²) in [4.78, 5) is 9.64. The second-order valence-electron chi connectivity index (χ2n) is 4.01. The predicted molar refractivity (Wildman–Crippen MR) is 65.7 cm³/mol. The summed E-state index contributed by atoms with van der Waals surface area (Å²) in [6.07, 6.45) is 1.69. The van der Waals surface area contributed by atoms with E-state index in [-0.39, 0.29) is 0 Å². The highest BCUT2D eigenvalue weighted by molar-refractivity contribution is 5.88. The van der Waals surface area contributed by atoms with Gasteiger partial charge in [0.15, 0.2) is 5.75 Å². The van der Waals surface area contributed by atoms with Crippen molar-refractivity contribution >= 4 is 16.7 Å². The number of hydrogen-bond acceptors (Lipinski definition) is 4. The van der Waals surface area contributed by atoms with Gasteiger partial charge in [-0.25, -0.2) is 4.98 Å². The molecule has 3 rings (SSSR count). The lowest BCUT2D eigenvalue weighted by Gasteiger charge is -2.30. The monoisotopic (exact) mass is 233 g/mol. The second kappa shape index (κ2) is 4.25.